The number of nitrogens with one attached hydrogen (secondary N) is 1. The SMILES string of the molecule is CCc1c(-c2ccc(OC)c(OC)c2)[nH]c(-c2ccccc2)c1-c1ccc(C#N)cc1. The number of benzene rings is 3. The lowest BCUT2D eigenvalue weighted by molar-refractivity contribution is 0.355. The van der Waals surface area contributed by atoms with Gasteiger partial charge in [-0.05, 0) is 53.4 Å². The van der Waals surface area contributed by atoms with Crippen molar-refractivity contribution in [3.8, 4) is 51.2 Å². The molecule has 4 aromatic rings. The first-order valence-electron chi connectivity index (χ1n) is 10.2. The van der Waals surface area contributed by atoms with E-state index >= 15 is 0 Å². The minimum Gasteiger partial charge on any atom is -0.493 e. The van der Waals surface area contributed by atoms with Gasteiger partial charge in [0.25, 0.3) is 0 Å². The average Bonchev–Trinajstić information content (AvgIpc) is 3.23. The van der Waals surface area contributed by atoms with Gasteiger partial charge < -0.3 is 14.5 Å². The first kappa shape index (κ1) is 20.3. The van der Waals surface area contributed by atoms with Gasteiger partial charge in [-0.15, -0.1) is 0 Å². The third-order valence-electron chi connectivity index (χ3n) is 5.49. The Balaban J connectivity index is 1.97. The maximum absolute atomic E-state index is 9.20. The molecule has 0 saturated heterocycles. The molecular weight excluding hydrogens is 384 g/mol. The molecule has 0 atom stereocenters. The Labute approximate surface area is 182 Å². The maximum Gasteiger partial charge on any atom is 0.161 e. The molecule has 0 aliphatic carbocycles. The predicted octanol–water partition coefficient (Wildman–Crippen LogP) is 6.47. The number of aromatic amines is 1. The minimum atomic E-state index is 0.652. The van der Waals surface area contributed by atoms with Gasteiger partial charge >= 0.3 is 0 Å². The normalized spacial score (nSPS) is 10.5. The van der Waals surface area contributed by atoms with Crippen molar-refractivity contribution in [3.05, 3.63) is 83.9 Å². The number of nitriles is 1. The number of H-pyrrole nitrogens is 1. The molecule has 3 aromatic carbocycles. The molecule has 4 heteroatoms. The molecule has 0 aliphatic heterocycles. The zero-order valence-electron chi connectivity index (χ0n) is 17.9. The van der Waals surface area contributed by atoms with Crippen LogP contribution in [0.25, 0.3) is 33.6 Å². The van der Waals surface area contributed by atoms with E-state index in [4.69, 9.17) is 9.47 Å². The molecule has 0 fully saturated rings. The Morgan fingerprint density at radius 2 is 1.45 bits per heavy atom. The van der Waals surface area contributed by atoms with Crippen LogP contribution in [0.4, 0.5) is 0 Å². The highest BCUT2D eigenvalue weighted by atomic mass is 16.5. The lowest BCUT2D eigenvalue weighted by atomic mass is 9.94. The summed E-state index contributed by atoms with van der Waals surface area (Å²) in [6.07, 6.45) is 0.850. The third kappa shape index (κ3) is 3.78. The number of hydrogen-bond donors (Lipinski definition) is 1. The highest BCUT2D eigenvalue weighted by Gasteiger charge is 2.21. The van der Waals surface area contributed by atoms with Gasteiger partial charge in [-0.25, -0.2) is 0 Å². The van der Waals surface area contributed by atoms with Crippen molar-refractivity contribution >= 4 is 0 Å². The summed E-state index contributed by atoms with van der Waals surface area (Å²) in [5, 5.41) is 9.20. The summed E-state index contributed by atoms with van der Waals surface area (Å²) in [6, 6.07) is 26.3. The highest BCUT2D eigenvalue weighted by molar-refractivity contribution is 5.90. The van der Waals surface area contributed by atoms with Crippen LogP contribution in [0.15, 0.2) is 72.8 Å². The van der Waals surface area contributed by atoms with E-state index in [-0.39, 0.29) is 0 Å². The molecule has 1 N–H and O–H groups in total. The van der Waals surface area contributed by atoms with Crippen LogP contribution in [-0.4, -0.2) is 19.2 Å². The van der Waals surface area contributed by atoms with E-state index < -0.39 is 0 Å². The molecule has 4 nitrogen and oxygen atoms in total. The van der Waals surface area contributed by atoms with Gasteiger partial charge in [-0.3, -0.25) is 0 Å². The highest BCUT2D eigenvalue weighted by Crippen LogP contribution is 2.42. The number of ether oxygens (including phenoxy) is 2. The fourth-order valence-electron chi connectivity index (χ4n) is 3.98. The largest absolute Gasteiger partial charge is 0.493 e. The molecule has 0 saturated carbocycles. The standard InChI is InChI=1S/C27H24N2O2/c1-4-22-25(19-12-10-18(17-28)11-13-19)27(20-8-6-5-7-9-20)29-26(22)21-14-15-23(30-2)24(16-21)31-3/h5-16,29H,4H2,1-3H3. The van der Waals surface area contributed by atoms with Gasteiger partial charge in [0.2, 0.25) is 0 Å². The molecule has 1 aromatic heterocycles. The quantitative estimate of drug-likeness (QED) is 0.398. The van der Waals surface area contributed by atoms with Crippen LogP contribution in [0.3, 0.4) is 0 Å². The van der Waals surface area contributed by atoms with Crippen LogP contribution in [0.5, 0.6) is 11.5 Å². The van der Waals surface area contributed by atoms with Crippen molar-refractivity contribution in [2.75, 3.05) is 14.2 Å². The van der Waals surface area contributed by atoms with Gasteiger partial charge in [0.1, 0.15) is 0 Å². The zero-order chi connectivity index (χ0) is 21.8. The Hall–Kier alpha value is -3.97. The van der Waals surface area contributed by atoms with Crippen LogP contribution in [0, 0.1) is 11.3 Å². The first-order chi connectivity index (χ1) is 15.2. The lowest BCUT2D eigenvalue weighted by Gasteiger charge is -2.11. The van der Waals surface area contributed by atoms with Gasteiger partial charge in [0, 0.05) is 16.8 Å². The fraction of sp³-hybridized carbons (Fsp3) is 0.148. The van der Waals surface area contributed by atoms with Crippen molar-refractivity contribution in [2.45, 2.75) is 13.3 Å². The molecule has 0 spiro atoms. The van der Waals surface area contributed by atoms with E-state index in [9.17, 15) is 5.26 Å². The lowest BCUT2D eigenvalue weighted by Crippen LogP contribution is -1.92. The zero-order valence-corrected chi connectivity index (χ0v) is 17.9. The van der Waals surface area contributed by atoms with Crippen molar-refractivity contribution in [1.82, 2.24) is 4.98 Å². The summed E-state index contributed by atoms with van der Waals surface area (Å²) in [6.45, 7) is 2.16. The molecule has 0 aliphatic rings. The molecule has 0 radical (unpaired) electrons. The topological polar surface area (TPSA) is 58.0 Å². The van der Waals surface area contributed by atoms with Gasteiger partial charge in [0.15, 0.2) is 11.5 Å². The number of hydrogen-bond acceptors (Lipinski definition) is 3. The molecule has 0 unspecified atom stereocenters. The van der Waals surface area contributed by atoms with Crippen LogP contribution in [0.1, 0.15) is 18.1 Å². The molecule has 31 heavy (non-hydrogen) atoms. The average molecular weight is 409 g/mol. The van der Waals surface area contributed by atoms with Crippen LogP contribution < -0.4 is 9.47 Å². The second-order valence-corrected chi connectivity index (χ2v) is 7.21. The van der Waals surface area contributed by atoms with E-state index in [1.54, 1.807) is 14.2 Å². The van der Waals surface area contributed by atoms with E-state index in [2.05, 4.69) is 30.1 Å². The Morgan fingerprint density at radius 1 is 0.774 bits per heavy atom. The Kier molecular flexibility index (Phi) is 5.77. The maximum atomic E-state index is 9.20. The smallest absolute Gasteiger partial charge is 0.161 e. The summed E-state index contributed by atoms with van der Waals surface area (Å²) in [4.78, 5) is 3.69. The van der Waals surface area contributed by atoms with Crippen LogP contribution >= 0.6 is 0 Å². The minimum absolute atomic E-state index is 0.652. The molecular formula is C27H24N2O2. The molecule has 0 amide bonds. The number of rotatable bonds is 6. The van der Waals surface area contributed by atoms with Crippen molar-refractivity contribution < 1.29 is 9.47 Å². The summed E-state index contributed by atoms with van der Waals surface area (Å²) in [5.41, 5.74) is 8.37. The predicted molar refractivity (Wildman–Crippen MR) is 124 cm³/mol. The van der Waals surface area contributed by atoms with Crippen molar-refractivity contribution in [3.63, 3.8) is 0 Å². The summed E-state index contributed by atoms with van der Waals surface area (Å²) < 4.78 is 10.9. The number of aromatic nitrogens is 1. The van der Waals surface area contributed by atoms with Gasteiger partial charge in [0.05, 0.1) is 31.5 Å². The summed E-state index contributed by atoms with van der Waals surface area (Å²) in [5.74, 6) is 1.39. The number of methoxy groups -OCH3 is 2. The second-order valence-electron chi connectivity index (χ2n) is 7.21. The monoisotopic (exact) mass is 408 g/mol. The molecule has 154 valence electrons. The third-order valence-corrected chi connectivity index (χ3v) is 5.49. The fourth-order valence-corrected chi connectivity index (χ4v) is 3.98. The van der Waals surface area contributed by atoms with Crippen LogP contribution in [0.2, 0.25) is 0 Å². The summed E-state index contributed by atoms with van der Waals surface area (Å²) >= 11 is 0. The first-order valence-corrected chi connectivity index (χ1v) is 10.2. The van der Waals surface area contributed by atoms with E-state index in [0.29, 0.717) is 17.1 Å². The molecule has 4 rings (SSSR count). The van der Waals surface area contributed by atoms with E-state index in [1.165, 1.54) is 5.56 Å². The van der Waals surface area contributed by atoms with Crippen molar-refractivity contribution in [2.24, 2.45) is 0 Å². The Morgan fingerprint density at radius 3 is 2.06 bits per heavy atom. The van der Waals surface area contributed by atoms with Crippen LogP contribution in [-0.2, 0) is 6.42 Å². The second kappa shape index (κ2) is 8.81. The number of nitrogens with zero attached hydrogens (tertiary/aromatic N) is 1. The van der Waals surface area contributed by atoms with Crippen molar-refractivity contribution in [1.29, 1.82) is 5.26 Å². The summed E-state index contributed by atoms with van der Waals surface area (Å²) in [7, 11) is 3.29. The Bertz CT molecular complexity index is 1230. The van der Waals surface area contributed by atoms with Gasteiger partial charge in [-0.2, -0.15) is 5.26 Å². The molecule has 1 heterocycles. The van der Waals surface area contributed by atoms with E-state index in [1.807, 2.05) is 60.7 Å². The van der Waals surface area contributed by atoms with E-state index in [0.717, 1.165) is 40.1 Å². The van der Waals surface area contributed by atoms with Gasteiger partial charge in [-0.1, -0.05) is 49.4 Å². The molecule has 0 bridgehead atoms.